The van der Waals surface area contributed by atoms with Crippen LogP contribution in [0, 0.1) is 13.8 Å². The van der Waals surface area contributed by atoms with Crippen LogP contribution in [0.4, 0.5) is 5.82 Å². The number of aromatic amines is 1. The van der Waals surface area contributed by atoms with Gasteiger partial charge in [-0.2, -0.15) is 0 Å². The van der Waals surface area contributed by atoms with Gasteiger partial charge in [0.2, 0.25) is 0 Å². The van der Waals surface area contributed by atoms with E-state index in [0.717, 1.165) is 17.3 Å². The molecule has 3 heteroatoms. The standard InChI is InChI=1S/C8H11N3/c1-4-5-9-8-6(2)10-7(3)11-8/h4-5H,1H2,2-3H3,(H,10,11). The third-order valence-corrected chi connectivity index (χ3v) is 1.28. The molecule has 11 heavy (non-hydrogen) atoms. The summed E-state index contributed by atoms with van der Waals surface area (Å²) in [6.45, 7) is 7.37. The molecule has 1 aromatic rings. The Balaban J connectivity index is 2.93. The van der Waals surface area contributed by atoms with Crippen LogP contribution in [0.1, 0.15) is 11.5 Å². The number of rotatable bonds is 2. The van der Waals surface area contributed by atoms with Crippen molar-refractivity contribution in [3.8, 4) is 0 Å². The molecule has 58 valence electrons. The topological polar surface area (TPSA) is 41.0 Å². The highest BCUT2D eigenvalue weighted by Gasteiger charge is 1.98. The molecule has 0 radical (unpaired) electrons. The molecule has 1 heterocycles. The largest absolute Gasteiger partial charge is 0.344 e. The number of aliphatic imine (C=N–C) groups is 1. The lowest BCUT2D eigenvalue weighted by Crippen LogP contribution is -1.70. The first-order chi connectivity index (χ1) is 5.24. The molecular formula is C8H11N3. The molecule has 0 bridgehead atoms. The van der Waals surface area contributed by atoms with Crippen LogP contribution in [-0.4, -0.2) is 16.2 Å². The molecule has 0 fully saturated rings. The fraction of sp³-hybridized carbons (Fsp3) is 0.250. The van der Waals surface area contributed by atoms with Crippen molar-refractivity contribution in [2.75, 3.05) is 0 Å². The van der Waals surface area contributed by atoms with E-state index in [1.807, 2.05) is 13.8 Å². The number of nitrogens with zero attached hydrogens (tertiary/aromatic N) is 2. The predicted octanol–water partition coefficient (Wildman–Crippen LogP) is 1.91. The number of imidazole rings is 1. The van der Waals surface area contributed by atoms with Crippen molar-refractivity contribution in [3.05, 3.63) is 24.2 Å². The maximum Gasteiger partial charge on any atom is 0.173 e. The highest BCUT2D eigenvalue weighted by Crippen LogP contribution is 2.12. The van der Waals surface area contributed by atoms with Gasteiger partial charge in [-0.1, -0.05) is 12.7 Å². The Morgan fingerprint density at radius 2 is 2.27 bits per heavy atom. The Kier molecular flexibility index (Phi) is 2.21. The fourth-order valence-corrected chi connectivity index (χ4v) is 0.847. The summed E-state index contributed by atoms with van der Waals surface area (Å²) in [4.78, 5) is 11.3. The molecule has 0 saturated heterocycles. The first-order valence-corrected chi connectivity index (χ1v) is 3.42. The predicted molar refractivity (Wildman–Crippen MR) is 46.4 cm³/mol. The second kappa shape index (κ2) is 3.14. The summed E-state index contributed by atoms with van der Waals surface area (Å²) in [5.74, 6) is 1.63. The van der Waals surface area contributed by atoms with Gasteiger partial charge in [-0.3, -0.25) is 0 Å². The minimum atomic E-state index is 0.738. The van der Waals surface area contributed by atoms with Crippen molar-refractivity contribution >= 4 is 12.0 Å². The number of hydrogen-bond donors (Lipinski definition) is 1. The smallest absolute Gasteiger partial charge is 0.173 e. The van der Waals surface area contributed by atoms with Crippen LogP contribution in [0.5, 0.6) is 0 Å². The third kappa shape index (κ3) is 1.77. The zero-order valence-electron chi connectivity index (χ0n) is 6.76. The van der Waals surface area contributed by atoms with Gasteiger partial charge >= 0.3 is 0 Å². The Labute approximate surface area is 65.9 Å². The summed E-state index contributed by atoms with van der Waals surface area (Å²) >= 11 is 0. The summed E-state index contributed by atoms with van der Waals surface area (Å²) in [6.07, 6.45) is 3.26. The second-order valence-corrected chi connectivity index (χ2v) is 2.28. The van der Waals surface area contributed by atoms with E-state index in [1.54, 1.807) is 12.3 Å². The average Bonchev–Trinajstić information content (AvgIpc) is 2.26. The summed E-state index contributed by atoms with van der Waals surface area (Å²) in [5, 5.41) is 0. The SMILES string of the molecule is C=CC=Nc1nc(C)[nH]c1C. The number of hydrogen-bond acceptors (Lipinski definition) is 2. The number of allylic oxidation sites excluding steroid dienone is 1. The number of aromatic nitrogens is 2. The van der Waals surface area contributed by atoms with Gasteiger partial charge in [-0.05, 0) is 13.8 Å². The van der Waals surface area contributed by atoms with Crippen LogP contribution in [0.2, 0.25) is 0 Å². The Hall–Kier alpha value is -1.38. The van der Waals surface area contributed by atoms with E-state index in [1.165, 1.54) is 0 Å². The van der Waals surface area contributed by atoms with Crippen LogP contribution in [0.3, 0.4) is 0 Å². The highest BCUT2D eigenvalue weighted by atomic mass is 15.0. The van der Waals surface area contributed by atoms with Crippen molar-refractivity contribution in [3.63, 3.8) is 0 Å². The zero-order chi connectivity index (χ0) is 8.27. The molecular weight excluding hydrogens is 138 g/mol. The van der Waals surface area contributed by atoms with E-state index < -0.39 is 0 Å². The normalized spacial score (nSPS) is 10.7. The van der Waals surface area contributed by atoms with Gasteiger partial charge in [-0.25, -0.2) is 9.98 Å². The maximum atomic E-state index is 4.15. The molecule has 1 rings (SSSR count). The van der Waals surface area contributed by atoms with Crippen LogP contribution < -0.4 is 0 Å². The minimum Gasteiger partial charge on any atom is -0.344 e. The first-order valence-electron chi connectivity index (χ1n) is 3.42. The van der Waals surface area contributed by atoms with Gasteiger partial charge < -0.3 is 4.98 Å². The summed E-state index contributed by atoms with van der Waals surface area (Å²) in [5.41, 5.74) is 0.987. The van der Waals surface area contributed by atoms with Gasteiger partial charge in [0.1, 0.15) is 5.82 Å². The highest BCUT2D eigenvalue weighted by molar-refractivity contribution is 5.73. The monoisotopic (exact) mass is 149 g/mol. The maximum absolute atomic E-state index is 4.15. The number of aryl methyl sites for hydroxylation is 2. The lowest BCUT2D eigenvalue weighted by molar-refractivity contribution is 1.13. The molecule has 0 saturated carbocycles. The summed E-state index contributed by atoms with van der Waals surface area (Å²) in [7, 11) is 0. The van der Waals surface area contributed by atoms with E-state index in [4.69, 9.17) is 0 Å². The van der Waals surface area contributed by atoms with Gasteiger partial charge in [0.25, 0.3) is 0 Å². The van der Waals surface area contributed by atoms with Crippen LogP contribution in [0.15, 0.2) is 17.6 Å². The minimum absolute atomic E-state index is 0.738. The van der Waals surface area contributed by atoms with Gasteiger partial charge in [0.05, 0.1) is 5.69 Å². The van der Waals surface area contributed by atoms with E-state index in [-0.39, 0.29) is 0 Å². The molecule has 0 aliphatic heterocycles. The molecule has 1 aromatic heterocycles. The molecule has 1 N–H and O–H groups in total. The van der Waals surface area contributed by atoms with Gasteiger partial charge in [-0.15, -0.1) is 0 Å². The third-order valence-electron chi connectivity index (χ3n) is 1.28. The molecule has 0 atom stereocenters. The van der Waals surface area contributed by atoms with E-state index in [9.17, 15) is 0 Å². The average molecular weight is 149 g/mol. The van der Waals surface area contributed by atoms with E-state index >= 15 is 0 Å². The second-order valence-electron chi connectivity index (χ2n) is 2.28. The van der Waals surface area contributed by atoms with Crippen molar-refractivity contribution in [2.24, 2.45) is 4.99 Å². The molecule has 0 aromatic carbocycles. The zero-order valence-corrected chi connectivity index (χ0v) is 6.76. The van der Waals surface area contributed by atoms with Crippen molar-refractivity contribution in [1.82, 2.24) is 9.97 Å². The quantitative estimate of drug-likeness (QED) is 0.641. The molecule has 3 nitrogen and oxygen atoms in total. The lowest BCUT2D eigenvalue weighted by atomic mass is 10.5. The summed E-state index contributed by atoms with van der Waals surface area (Å²) in [6, 6.07) is 0. The van der Waals surface area contributed by atoms with Crippen LogP contribution in [0.25, 0.3) is 0 Å². The van der Waals surface area contributed by atoms with Crippen LogP contribution in [-0.2, 0) is 0 Å². The number of nitrogens with one attached hydrogen (secondary N) is 1. The molecule has 0 aliphatic rings. The van der Waals surface area contributed by atoms with E-state index in [0.29, 0.717) is 0 Å². The first kappa shape index (κ1) is 7.72. The van der Waals surface area contributed by atoms with Gasteiger partial charge in [0, 0.05) is 6.21 Å². The molecule has 0 aliphatic carbocycles. The molecule has 0 amide bonds. The van der Waals surface area contributed by atoms with Crippen molar-refractivity contribution in [2.45, 2.75) is 13.8 Å². The van der Waals surface area contributed by atoms with Crippen molar-refractivity contribution in [1.29, 1.82) is 0 Å². The van der Waals surface area contributed by atoms with Crippen LogP contribution >= 0.6 is 0 Å². The Bertz CT molecular complexity index is 284. The Morgan fingerprint density at radius 3 is 2.73 bits per heavy atom. The molecule has 0 spiro atoms. The van der Waals surface area contributed by atoms with E-state index in [2.05, 4.69) is 21.5 Å². The lowest BCUT2D eigenvalue weighted by Gasteiger charge is -1.83. The molecule has 0 unspecified atom stereocenters. The fourth-order valence-electron chi connectivity index (χ4n) is 0.847. The van der Waals surface area contributed by atoms with Gasteiger partial charge in [0.15, 0.2) is 5.82 Å². The Morgan fingerprint density at radius 1 is 1.55 bits per heavy atom. The van der Waals surface area contributed by atoms with Crippen molar-refractivity contribution < 1.29 is 0 Å². The number of H-pyrrole nitrogens is 1. The summed E-state index contributed by atoms with van der Waals surface area (Å²) < 4.78 is 0.